The smallest absolute Gasteiger partial charge is 0.162 e. The van der Waals surface area contributed by atoms with Crippen molar-refractivity contribution in [2.24, 2.45) is 5.92 Å². The molecule has 0 saturated carbocycles. The van der Waals surface area contributed by atoms with Gasteiger partial charge in [-0.05, 0) is 38.8 Å². The average Bonchev–Trinajstić information content (AvgIpc) is 2.79. The van der Waals surface area contributed by atoms with Gasteiger partial charge in [0.15, 0.2) is 5.75 Å². The van der Waals surface area contributed by atoms with Crippen molar-refractivity contribution in [3.05, 3.63) is 11.9 Å². The molecule has 0 aliphatic rings. The van der Waals surface area contributed by atoms with Crippen LogP contribution >= 0.6 is 0 Å². The highest BCUT2D eigenvalue weighted by Crippen LogP contribution is 2.32. The lowest BCUT2D eigenvalue weighted by atomic mass is 9.97. The second kappa shape index (κ2) is 7.64. The topological polar surface area (TPSA) is 59.3 Å². The summed E-state index contributed by atoms with van der Waals surface area (Å²) in [6.07, 6.45) is 3.28. The van der Waals surface area contributed by atoms with Crippen molar-refractivity contribution in [3.8, 4) is 5.75 Å². The van der Waals surface area contributed by atoms with Gasteiger partial charge >= 0.3 is 0 Å². The molecule has 0 radical (unpaired) electrons. The van der Waals surface area contributed by atoms with Gasteiger partial charge in [-0.25, -0.2) is 0 Å². The van der Waals surface area contributed by atoms with E-state index in [-0.39, 0.29) is 0 Å². The summed E-state index contributed by atoms with van der Waals surface area (Å²) in [6.45, 7) is 10.8. The molecule has 0 aliphatic carbocycles. The highest BCUT2D eigenvalue weighted by Gasteiger charge is 2.31. The largest absolute Gasteiger partial charge is 0.493 e. The number of aromatic nitrogens is 2. The molecule has 1 rings (SSSR count). The third kappa shape index (κ3) is 4.49. The maximum atomic E-state index is 10.8. The van der Waals surface area contributed by atoms with E-state index >= 15 is 0 Å². The minimum absolute atomic E-state index is 0.611. The molecule has 5 heteroatoms. The van der Waals surface area contributed by atoms with E-state index in [1.807, 2.05) is 11.6 Å². The Morgan fingerprint density at radius 3 is 2.75 bits per heavy atom. The predicted molar refractivity (Wildman–Crippen MR) is 81.0 cm³/mol. The summed E-state index contributed by atoms with van der Waals surface area (Å²) in [6, 6.07) is 0. The van der Waals surface area contributed by atoms with Crippen LogP contribution in [0.2, 0.25) is 0 Å². The number of rotatable bonds is 9. The lowest BCUT2D eigenvalue weighted by Gasteiger charge is -2.25. The van der Waals surface area contributed by atoms with Crippen LogP contribution in [0.1, 0.15) is 46.2 Å². The van der Waals surface area contributed by atoms with E-state index < -0.39 is 5.60 Å². The first-order chi connectivity index (χ1) is 9.42. The molecular formula is C15H29N3O2. The van der Waals surface area contributed by atoms with E-state index in [9.17, 15) is 5.11 Å². The maximum Gasteiger partial charge on any atom is 0.162 e. The summed E-state index contributed by atoms with van der Waals surface area (Å²) in [5.74, 6) is 1.27. The van der Waals surface area contributed by atoms with Crippen LogP contribution in [0.5, 0.6) is 5.75 Å². The molecule has 0 aromatic carbocycles. The summed E-state index contributed by atoms with van der Waals surface area (Å²) < 4.78 is 7.19. The number of aliphatic hydroxyl groups is 1. The number of nitrogens with one attached hydrogen (secondary N) is 1. The molecule has 0 bridgehead atoms. The molecule has 1 unspecified atom stereocenters. The lowest BCUT2D eigenvalue weighted by molar-refractivity contribution is 0.0358. The van der Waals surface area contributed by atoms with Gasteiger partial charge in [-0.2, -0.15) is 5.10 Å². The van der Waals surface area contributed by atoms with Crippen LogP contribution in [0.15, 0.2) is 6.20 Å². The number of methoxy groups -OCH3 is 1. The molecule has 0 spiro atoms. The summed E-state index contributed by atoms with van der Waals surface area (Å²) >= 11 is 0. The van der Waals surface area contributed by atoms with E-state index in [0.29, 0.717) is 18.1 Å². The molecule has 1 heterocycles. The molecule has 0 aliphatic heterocycles. The highest BCUT2D eigenvalue weighted by molar-refractivity contribution is 5.30. The van der Waals surface area contributed by atoms with Gasteiger partial charge < -0.3 is 15.2 Å². The van der Waals surface area contributed by atoms with Gasteiger partial charge in [0.1, 0.15) is 11.3 Å². The quantitative estimate of drug-likeness (QED) is 0.682. The Morgan fingerprint density at radius 1 is 1.50 bits per heavy atom. The van der Waals surface area contributed by atoms with Crippen LogP contribution in [0.4, 0.5) is 0 Å². The monoisotopic (exact) mass is 283 g/mol. The van der Waals surface area contributed by atoms with Crippen LogP contribution in [0.3, 0.4) is 0 Å². The van der Waals surface area contributed by atoms with E-state index in [0.717, 1.165) is 31.7 Å². The molecule has 20 heavy (non-hydrogen) atoms. The molecule has 1 aromatic rings. The van der Waals surface area contributed by atoms with Crippen molar-refractivity contribution in [2.45, 2.75) is 52.7 Å². The molecule has 116 valence electrons. The maximum absolute atomic E-state index is 10.8. The third-order valence-electron chi connectivity index (χ3n) is 3.31. The zero-order valence-corrected chi connectivity index (χ0v) is 13.4. The Labute approximate surface area is 122 Å². The molecule has 5 nitrogen and oxygen atoms in total. The van der Waals surface area contributed by atoms with Gasteiger partial charge in [0.05, 0.1) is 13.3 Å². The van der Waals surface area contributed by atoms with Crippen LogP contribution in [-0.2, 0) is 12.1 Å². The summed E-state index contributed by atoms with van der Waals surface area (Å²) in [5, 5.41) is 18.5. The molecule has 0 amide bonds. The van der Waals surface area contributed by atoms with E-state index in [1.54, 1.807) is 13.3 Å². The van der Waals surface area contributed by atoms with Crippen molar-refractivity contribution < 1.29 is 9.84 Å². The Morgan fingerprint density at radius 2 is 2.20 bits per heavy atom. The molecule has 0 fully saturated rings. The zero-order valence-electron chi connectivity index (χ0n) is 13.4. The molecular weight excluding hydrogens is 254 g/mol. The van der Waals surface area contributed by atoms with Crippen LogP contribution in [0.25, 0.3) is 0 Å². The van der Waals surface area contributed by atoms with Gasteiger partial charge in [-0.15, -0.1) is 0 Å². The number of aryl methyl sites for hydroxylation is 1. The number of ether oxygens (including phenoxy) is 1. The van der Waals surface area contributed by atoms with Gasteiger partial charge in [-0.3, -0.25) is 4.68 Å². The lowest BCUT2D eigenvalue weighted by Crippen LogP contribution is -2.32. The van der Waals surface area contributed by atoms with Crippen LogP contribution < -0.4 is 10.1 Å². The first-order valence-electron chi connectivity index (χ1n) is 7.45. The summed E-state index contributed by atoms with van der Waals surface area (Å²) in [4.78, 5) is 0. The highest BCUT2D eigenvalue weighted by atomic mass is 16.5. The standard InChI is InChI=1S/C15H29N3O2/c1-6-9-18-14(13(20-5)11-17-18)15(4,19)7-8-16-10-12(2)3/h11-12,16,19H,6-10H2,1-5H3. The number of hydrogen-bond donors (Lipinski definition) is 2. The number of hydrogen-bond acceptors (Lipinski definition) is 4. The first-order valence-corrected chi connectivity index (χ1v) is 7.45. The summed E-state index contributed by atoms with van der Waals surface area (Å²) in [7, 11) is 1.61. The van der Waals surface area contributed by atoms with Crippen LogP contribution in [0, 0.1) is 5.92 Å². The van der Waals surface area contributed by atoms with E-state index in [4.69, 9.17) is 4.74 Å². The molecule has 1 atom stereocenters. The van der Waals surface area contributed by atoms with Gasteiger partial charge in [0.25, 0.3) is 0 Å². The Hall–Kier alpha value is -1.07. The Kier molecular flexibility index (Phi) is 6.49. The second-order valence-corrected chi connectivity index (χ2v) is 5.91. The molecule has 2 N–H and O–H groups in total. The SMILES string of the molecule is CCCn1ncc(OC)c1C(C)(O)CCNCC(C)C. The fourth-order valence-corrected chi connectivity index (χ4v) is 2.28. The zero-order chi connectivity index (χ0) is 15.2. The second-order valence-electron chi connectivity index (χ2n) is 5.91. The first kappa shape index (κ1) is 17.0. The molecule has 1 aromatic heterocycles. The van der Waals surface area contributed by atoms with Crippen molar-refractivity contribution >= 4 is 0 Å². The van der Waals surface area contributed by atoms with Gasteiger partial charge in [-0.1, -0.05) is 20.8 Å². The normalized spacial score (nSPS) is 14.6. The van der Waals surface area contributed by atoms with Crippen molar-refractivity contribution in [3.63, 3.8) is 0 Å². The van der Waals surface area contributed by atoms with Crippen molar-refractivity contribution in [1.29, 1.82) is 0 Å². The van der Waals surface area contributed by atoms with E-state index in [1.165, 1.54) is 0 Å². The summed E-state index contributed by atoms with van der Waals surface area (Å²) in [5.41, 5.74) is -0.172. The number of nitrogens with zero attached hydrogens (tertiary/aromatic N) is 2. The van der Waals surface area contributed by atoms with E-state index in [2.05, 4.69) is 31.2 Å². The van der Waals surface area contributed by atoms with Gasteiger partial charge in [0.2, 0.25) is 0 Å². The predicted octanol–water partition coefficient (Wildman–Crippen LogP) is 2.14. The average molecular weight is 283 g/mol. The molecule has 0 saturated heterocycles. The third-order valence-corrected chi connectivity index (χ3v) is 3.31. The fraction of sp³-hybridized carbons (Fsp3) is 0.800. The minimum Gasteiger partial charge on any atom is -0.493 e. The van der Waals surface area contributed by atoms with Crippen molar-refractivity contribution in [2.75, 3.05) is 20.2 Å². The fourth-order valence-electron chi connectivity index (χ4n) is 2.28. The van der Waals surface area contributed by atoms with Crippen LogP contribution in [-0.4, -0.2) is 35.1 Å². The van der Waals surface area contributed by atoms with Gasteiger partial charge in [0, 0.05) is 6.54 Å². The Balaban J connectivity index is 2.76. The Bertz CT molecular complexity index is 400. The van der Waals surface area contributed by atoms with Crippen molar-refractivity contribution in [1.82, 2.24) is 15.1 Å². The minimum atomic E-state index is -0.943.